The van der Waals surface area contributed by atoms with Crippen LogP contribution in [0, 0.1) is 13.8 Å². The molecule has 4 aromatic rings. The molecule has 6 nitrogen and oxygen atoms in total. The van der Waals surface area contributed by atoms with Gasteiger partial charge in [0.25, 0.3) is 5.91 Å². The zero-order valence-corrected chi connectivity index (χ0v) is 19.7. The lowest BCUT2D eigenvalue weighted by molar-refractivity contribution is 0.0629. The molecule has 0 spiro atoms. The lowest BCUT2D eigenvalue weighted by atomic mass is 10.00. The second kappa shape index (κ2) is 9.61. The topological polar surface area (TPSA) is 54.3 Å². The van der Waals surface area contributed by atoms with Crippen LogP contribution in [0.4, 0.5) is 0 Å². The Balaban J connectivity index is 1.41. The molecule has 6 heteroatoms. The van der Waals surface area contributed by atoms with Gasteiger partial charge < -0.3 is 4.90 Å². The minimum Gasteiger partial charge on any atom is -0.336 e. The summed E-state index contributed by atoms with van der Waals surface area (Å²) in [6.45, 7) is 8.14. The van der Waals surface area contributed by atoms with E-state index in [0.29, 0.717) is 18.7 Å². The molecule has 0 bridgehead atoms. The number of para-hydroxylation sites is 1. The molecule has 0 saturated carbocycles. The molecule has 1 aliphatic heterocycles. The third-order valence-corrected chi connectivity index (χ3v) is 6.42. The van der Waals surface area contributed by atoms with Gasteiger partial charge in [0.05, 0.1) is 11.3 Å². The van der Waals surface area contributed by atoms with Crippen LogP contribution in [0.1, 0.15) is 27.0 Å². The van der Waals surface area contributed by atoms with E-state index in [2.05, 4.69) is 41.9 Å². The van der Waals surface area contributed by atoms with E-state index in [0.717, 1.165) is 42.1 Å². The maximum Gasteiger partial charge on any atom is 0.257 e. The monoisotopic (exact) mass is 451 g/mol. The van der Waals surface area contributed by atoms with Gasteiger partial charge in [-0.25, -0.2) is 4.68 Å². The van der Waals surface area contributed by atoms with Gasteiger partial charge in [-0.1, -0.05) is 42.0 Å². The number of aryl methyl sites for hydroxylation is 2. The number of piperazine rings is 1. The normalized spacial score (nSPS) is 14.4. The number of hydrogen-bond donors (Lipinski definition) is 0. The van der Waals surface area contributed by atoms with Gasteiger partial charge in [-0.3, -0.25) is 14.7 Å². The summed E-state index contributed by atoms with van der Waals surface area (Å²) < 4.78 is 1.82. The third kappa shape index (κ3) is 4.63. The van der Waals surface area contributed by atoms with Crippen molar-refractivity contribution >= 4 is 5.91 Å². The number of benzene rings is 2. The van der Waals surface area contributed by atoms with E-state index in [1.54, 1.807) is 0 Å². The van der Waals surface area contributed by atoms with E-state index in [-0.39, 0.29) is 5.91 Å². The summed E-state index contributed by atoms with van der Waals surface area (Å²) in [5.74, 6) is 0.0423. The molecule has 1 saturated heterocycles. The number of rotatable bonds is 5. The molecule has 3 heterocycles. The Morgan fingerprint density at radius 3 is 2.35 bits per heavy atom. The fourth-order valence-corrected chi connectivity index (χ4v) is 4.55. The Morgan fingerprint density at radius 2 is 1.65 bits per heavy atom. The van der Waals surface area contributed by atoms with Crippen molar-refractivity contribution in [3.05, 3.63) is 102 Å². The highest BCUT2D eigenvalue weighted by Gasteiger charge is 2.27. The molecule has 0 aliphatic carbocycles. The van der Waals surface area contributed by atoms with Crippen LogP contribution in [-0.2, 0) is 6.54 Å². The fraction of sp³-hybridized carbons (Fsp3) is 0.250. The minimum atomic E-state index is 0.0423. The van der Waals surface area contributed by atoms with Gasteiger partial charge in [-0.15, -0.1) is 0 Å². The van der Waals surface area contributed by atoms with Gasteiger partial charge in [0.1, 0.15) is 5.69 Å². The van der Waals surface area contributed by atoms with E-state index in [1.165, 1.54) is 11.1 Å². The summed E-state index contributed by atoms with van der Waals surface area (Å²) >= 11 is 0. The fourth-order valence-electron chi connectivity index (χ4n) is 4.55. The average molecular weight is 452 g/mol. The number of aromatic nitrogens is 3. The van der Waals surface area contributed by atoms with Crippen molar-refractivity contribution in [3.63, 3.8) is 0 Å². The first-order valence-electron chi connectivity index (χ1n) is 11.7. The molecular formula is C28H29N5O. The zero-order chi connectivity index (χ0) is 23.5. The maximum absolute atomic E-state index is 13.7. The first kappa shape index (κ1) is 22.0. The van der Waals surface area contributed by atoms with Crippen LogP contribution in [-0.4, -0.2) is 56.7 Å². The molecule has 172 valence electrons. The predicted octanol–water partition coefficient (Wildman–Crippen LogP) is 4.51. The van der Waals surface area contributed by atoms with E-state index in [9.17, 15) is 4.79 Å². The van der Waals surface area contributed by atoms with Crippen molar-refractivity contribution in [1.82, 2.24) is 24.6 Å². The number of carbonyl (C=O) groups is 1. The van der Waals surface area contributed by atoms with Crippen LogP contribution in [0.3, 0.4) is 0 Å². The van der Waals surface area contributed by atoms with Gasteiger partial charge in [0.15, 0.2) is 0 Å². The Kier molecular flexibility index (Phi) is 6.23. The Labute approximate surface area is 200 Å². The summed E-state index contributed by atoms with van der Waals surface area (Å²) in [6, 6.07) is 20.3. The first-order chi connectivity index (χ1) is 16.6. The number of carbonyl (C=O) groups excluding carboxylic acids is 1. The number of pyridine rings is 1. The molecule has 0 N–H and O–H groups in total. The zero-order valence-electron chi connectivity index (χ0n) is 19.7. The summed E-state index contributed by atoms with van der Waals surface area (Å²) in [5.41, 5.74) is 6.89. The molecule has 1 fully saturated rings. The van der Waals surface area contributed by atoms with Crippen LogP contribution < -0.4 is 0 Å². The van der Waals surface area contributed by atoms with Crippen molar-refractivity contribution in [2.24, 2.45) is 0 Å². The standard InChI is InChI=1S/C28H29N5O/c1-21-8-9-25(22(2)18-21)27-26(20-33(30-27)24-6-4-3-5-7-24)28(34)32-16-14-31(15-17-32)19-23-10-12-29-13-11-23/h3-13,18,20H,14-17,19H2,1-2H3. The maximum atomic E-state index is 13.7. The lowest BCUT2D eigenvalue weighted by Gasteiger charge is -2.34. The summed E-state index contributed by atoms with van der Waals surface area (Å²) in [7, 11) is 0. The highest BCUT2D eigenvalue weighted by atomic mass is 16.2. The molecule has 2 aromatic carbocycles. The highest BCUT2D eigenvalue weighted by Crippen LogP contribution is 2.29. The molecule has 1 aliphatic rings. The summed E-state index contributed by atoms with van der Waals surface area (Å²) in [6.07, 6.45) is 5.54. The van der Waals surface area contributed by atoms with Gasteiger partial charge in [-0.2, -0.15) is 5.10 Å². The summed E-state index contributed by atoms with van der Waals surface area (Å²) in [4.78, 5) is 22.2. The minimum absolute atomic E-state index is 0.0423. The van der Waals surface area contributed by atoms with Gasteiger partial charge in [0.2, 0.25) is 0 Å². The number of amides is 1. The quantitative estimate of drug-likeness (QED) is 0.448. The van der Waals surface area contributed by atoms with Gasteiger partial charge >= 0.3 is 0 Å². The van der Waals surface area contributed by atoms with E-state index in [4.69, 9.17) is 5.10 Å². The molecule has 1 amide bonds. The number of nitrogens with zero attached hydrogens (tertiary/aromatic N) is 5. The van der Waals surface area contributed by atoms with E-state index < -0.39 is 0 Å². The van der Waals surface area contributed by atoms with Crippen molar-refractivity contribution in [3.8, 4) is 16.9 Å². The summed E-state index contributed by atoms with van der Waals surface area (Å²) in [5, 5.41) is 4.88. The molecule has 0 unspecified atom stereocenters. The van der Waals surface area contributed by atoms with Crippen LogP contribution >= 0.6 is 0 Å². The average Bonchev–Trinajstić information content (AvgIpc) is 3.30. The molecule has 5 rings (SSSR count). The smallest absolute Gasteiger partial charge is 0.257 e. The van der Waals surface area contributed by atoms with E-state index >= 15 is 0 Å². The van der Waals surface area contributed by atoms with Crippen molar-refractivity contribution < 1.29 is 4.79 Å². The Bertz CT molecular complexity index is 1270. The molecule has 0 atom stereocenters. The van der Waals surface area contributed by atoms with Gasteiger partial charge in [0, 0.05) is 56.9 Å². The van der Waals surface area contributed by atoms with Crippen LogP contribution in [0.25, 0.3) is 16.9 Å². The second-order valence-corrected chi connectivity index (χ2v) is 8.91. The van der Waals surface area contributed by atoms with Gasteiger partial charge in [-0.05, 0) is 49.2 Å². The largest absolute Gasteiger partial charge is 0.336 e. The highest BCUT2D eigenvalue weighted by molar-refractivity contribution is 6.00. The number of hydrogen-bond acceptors (Lipinski definition) is 4. The molecular weight excluding hydrogens is 422 g/mol. The second-order valence-electron chi connectivity index (χ2n) is 8.91. The van der Waals surface area contributed by atoms with Crippen molar-refractivity contribution in [2.45, 2.75) is 20.4 Å². The molecule has 34 heavy (non-hydrogen) atoms. The van der Waals surface area contributed by atoms with Crippen molar-refractivity contribution in [2.75, 3.05) is 26.2 Å². The molecule has 2 aromatic heterocycles. The molecule has 0 radical (unpaired) electrons. The van der Waals surface area contributed by atoms with E-state index in [1.807, 2.05) is 70.6 Å². The first-order valence-corrected chi connectivity index (χ1v) is 11.7. The van der Waals surface area contributed by atoms with Crippen LogP contribution in [0.15, 0.2) is 79.3 Å². The Morgan fingerprint density at radius 1 is 0.912 bits per heavy atom. The van der Waals surface area contributed by atoms with Crippen LogP contribution in [0.5, 0.6) is 0 Å². The van der Waals surface area contributed by atoms with Crippen molar-refractivity contribution in [1.29, 1.82) is 0 Å². The third-order valence-electron chi connectivity index (χ3n) is 6.42. The predicted molar refractivity (Wildman–Crippen MR) is 134 cm³/mol. The lowest BCUT2D eigenvalue weighted by Crippen LogP contribution is -2.48. The Hall–Kier alpha value is -3.77. The van der Waals surface area contributed by atoms with Crippen LogP contribution in [0.2, 0.25) is 0 Å². The SMILES string of the molecule is Cc1ccc(-c2nn(-c3ccccc3)cc2C(=O)N2CCN(Cc3ccncc3)CC2)c(C)c1.